The van der Waals surface area contributed by atoms with Crippen molar-refractivity contribution in [3.63, 3.8) is 0 Å². The second-order valence-electron chi connectivity index (χ2n) is 5.25. The van der Waals surface area contributed by atoms with E-state index in [9.17, 15) is 9.59 Å². The molecule has 0 saturated carbocycles. The smallest absolute Gasteiger partial charge is 0.254 e. The monoisotopic (exact) mass is 357 g/mol. The minimum Gasteiger partial charge on any atom is -0.368 e. The molecule has 2 heterocycles. The fraction of sp³-hybridized carbons (Fsp3) is 0.133. The number of benzene rings is 1. The molecule has 0 radical (unpaired) electrons. The molecule has 0 unspecified atom stereocenters. The number of aromatic nitrogens is 3. The molecule has 1 aromatic carbocycles. The molecule has 128 valence electrons. The Hall–Kier alpha value is -3.27. The van der Waals surface area contributed by atoms with Crippen LogP contribution in [-0.2, 0) is 4.79 Å². The summed E-state index contributed by atoms with van der Waals surface area (Å²) in [5.74, 6) is -0.841. The van der Waals surface area contributed by atoms with Crippen LogP contribution >= 0.6 is 11.3 Å². The molecule has 3 aromatic rings. The molecule has 0 saturated heterocycles. The Kier molecular flexibility index (Phi) is 4.44. The Labute approximate surface area is 146 Å². The van der Waals surface area contributed by atoms with Gasteiger partial charge in [0.15, 0.2) is 0 Å². The molecule has 3 rings (SSSR count). The first-order chi connectivity index (χ1) is 11.9. The van der Waals surface area contributed by atoms with Gasteiger partial charge in [0, 0.05) is 11.9 Å². The molecule has 0 fully saturated rings. The summed E-state index contributed by atoms with van der Waals surface area (Å²) in [6, 6.07) is 4.89. The number of nitrogens with two attached hydrogens (primary N) is 2. The Bertz CT molecular complexity index is 956. The molecular weight excluding hydrogens is 342 g/mol. The first kappa shape index (κ1) is 16.6. The van der Waals surface area contributed by atoms with Gasteiger partial charge in [-0.3, -0.25) is 9.59 Å². The molecule has 2 aromatic heterocycles. The number of rotatable bonds is 6. The average Bonchev–Trinajstić information content (AvgIpc) is 3.02. The van der Waals surface area contributed by atoms with Crippen LogP contribution in [0.1, 0.15) is 17.3 Å². The molecule has 2 amide bonds. The van der Waals surface area contributed by atoms with E-state index in [-0.39, 0.29) is 17.3 Å². The highest BCUT2D eigenvalue weighted by Gasteiger charge is 2.15. The SMILES string of the molecule is C[C@@H](Nc1ncc(C(N)=O)c(Nc2ccc3ncsc3c2)n1)C(N)=O. The number of carbonyl (C=O) groups is 2. The van der Waals surface area contributed by atoms with Crippen molar-refractivity contribution in [3.05, 3.63) is 35.5 Å². The van der Waals surface area contributed by atoms with Gasteiger partial charge in [-0.2, -0.15) is 4.98 Å². The van der Waals surface area contributed by atoms with E-state index < -0.39 is 17.9 Å². The third-order valence-electron chi connectivity index (χ3n) is 3.42. The van der Waals surface area contributed by atoms with Crippen molar-refractivity contribution in [2.75, 3.05) is 10.6 Å². The Morgan fingerprint density at radius 3 is 2.76 bits per heavy atom. The van der Waals surface area contributed by atoms with E-state index in [4.69, 9.17) is 11.5 Å². The zero-order valence-electron chi connectivity index (χ0n) is 13.2. The number of thiazole rings is 1. The second kappa shape index (κ2) is 6.69. The van der Waals surface area contributed by atoms with Crippen LogP contribution in [0.5, 0.6) is 0 Å². The lowest BCUT2D eigenvalue weighted by molar-refractivity contribution is -0.118. The maximum Gasteiger partial charge on any atom is 0.254 e. The van der Waals surface area contributed by atoms with Crippen molar-refractivity contribution in [2.45, 2.75) is 13.0 Å². The molecule has 0 bridgehead atoms. The normalized spacial score (nSPS) is 11.9. The third kappa shape index (κ3) is 3.63. The van der Waals surface area contributed by atoms with Gasteiger partial charge in [0.1, 0.15) is 17.4 Å². The summed E-state index contributed by atoms with van der Waals surface area (Å²) >= 11 is 1.50. The number of hydrogen-bond donors (Lipinski definition) is 4. The van der Waals surface area contributed by atoms with E-state index in [0.29, 0.717) is 5.69 Å². The summed E-state index contributed by atoms with van der Waals surface area (Å²) < 4.78 is 0.986. The number of primary amides is 2. The van der Waals surface area contributed by atoms with Crippen molar-refractivity contribution in [3.8, 4) is 0 Å². The molecular formula is C15H15N7O2S. The van der Waals surface area contributed by atoms with Crippen LogP contribution in [-0.4, -0.2) is 32.8 Å². The molecule has 9 nitrogen and oxygen atoms in total. The molecule has 25 heavy (non-hydrogen) atoms. The second-order valence-corrected chi connectivity index (χ2v) is 6.13. The van der Waals surface area contributed by atoms with Crippen LogP contribution in [0.2, 0.25) is 0 Å². The summed E-state index contributed by atoms with van der Waals surface area (Å²) in [5.41, 5.74) is 14.1. The number of hydrogen-bond acceptors (Lipinski definition) is 8. The number of carbonyl (C=O) groups excluding carboxylic acids is 2. The summed E-state index contributed by atoms with van der Waals surface area (Å²) in [6.45, 7) is 1.58. The summed E-state index contributed by atoms with van der Waals surface area (Å²) in [6.07, 6.45) is 1.29. The number of nitrogens with one attached hydrogen (secondary N) is 2. The number of anilines is 3. The Morgan fingerprint density at radius 1 is 1.24 bits per heavy atom. The molecule has 0 aliphatic rings. The highest BCUT2D eigenvalue weighted by molar-refractivity contribution is 7.16. The van der Waals surface area contributed by atoms with E-state index in [1.807, 2.05) is 18.2 Å². The minimum absolute atomic E-state index is 0.127. The van der Waals surface area contributed by atoms with Crippen LogP contribution < -0.4 is 22.1 Å². The predicted octanol–water partition coefficient (Wildman–Crippen LogP) is 1.21. The van der Waals surface area contributed by atoms with E-state index in [1.54, 1.807) is 12.4 Å². The van der Waals surface area contributed by atoms with Crippen molar-refractivity contribution in [1.82, 2.24) is 15.0 Å². The molecule has 10 heteroatoms. The lowest BCUT2D eigenvalue weighted by Gasteiger charge is -2.13. The first-order valence-corrected chi connectivity index (χ1v) is 8.15. The van der Waals surface area contributed by atoms with Gasteiger partial charge in [-0.1, -0.05) is 0 Å². The predicted molar refractivity (Wildman–Crippen MR) is 95.7 cm³/mol. The van der Waals surface area contributed by atoms with Gasteiger partial charge in [0.05, 0.1) is 15.7 Å². The standard InChI is InChI=1S/C15H15N7O2S/c1-7(12(16)23)20-15-18-5-9(13(17)24)14(22-15)21-8-2-3-10-11(4-8)25-6-19-10/h2-7H,1H3,(H2,16,23)(H2,17,24)(H2,18,20,21,22)/t7-/m1/s1. The number of amides is 2. The fourth-order valence-electron chi connectivity index (χ4n) is 2.06. The van der Waals surface area contributed by atoms with Crippen molar-refractivity contribution < 1.29 is 9.59 Å². The third-order valence-corrected chi connectivity index (χ3v) is 4.21. The highest BCUT2D eigenvalue weighted by atomic mass is 32.1. The zero-order valence-corrected chi connectivity index (χ0v) is 14.0. The van der Waals surface area contributed by atoms with Crippen LogP contribution in [0.4, 0.5) is 17.5 Å². The maximum absolute atomic E-state index is 11.6. The van der Waals surface area contributed by atoms with E-state index in [0.717, 1.165) is 10.2 Å². The van der Waals surface area contributed by atoms with Gasteiger partial charge in [0.2, 0.25) is 11.9 Å². The Balaban J connectivity index is 1.93. The van der Waals surface area contributed by atoms with Crippen LogP contribution in [0, 0.1) is 0 Å². The summed E-state index contributed by atoms with van der Waals surface area (Å²) in [4.78, 5) is 35.2. The molecule has 6 N–H and O–H groups in total. The van der Waals surface area contributed by atoms with Crippen molar-refractivity contribution >= 4 is 50.8 Å². The molecule has 0 aliphatic carbocycles. The Morgan fingerprint density at radius 2 is 2.04 bits per heavy atom. The summed E-state index contributed by atoms with van der Waals surface area (Å²) in [7, 11) is 0. The largest absolute Gasteiger partial charge is 0.368 e. The number of nitrogens with zero attached hydrogens (tertiary/aromatic N) is 3. The van der Waals surface area contributed by atoms with Gasteiger partial charge in [-0.25, -0.2) is 9.97 Å². The first-order valence-electron chi connectivity index (χ1n) is 7.27. The molecule has 1 atom stereocenters. The van der Waals surface area contributed by atoms with Gasteiger partial charge >= 0.3 is 0 Å². The highest BCUT2D eigenvalue weighted by Crippen LogP contribution is 2.25. The summed E-state index contributed by atoms with van der Waals surface area (Å²) in [5, 5.41) is 5.81. The van der Waals surface area contributed by atoms with E-state index >= 15 is 0 Å². The van der Waals surface area contributed by atoms with Crippen LogP contribution in [0.15, 0.2) is 29.9 Å². The molecule has 0 spiro atoms. The lowest BCUT2D eigenvalue weighted by atomic mass is 10.2. The van der Waals surface area contributed by atoms with Gasteiger partial charge in [0.25, 0.3) is 5.91 Å². The fourth-order valence-corrected chi connectivity index (χ4v) is 2.78. The van der Waals surface area contributed by atoms with E-state index in [2.05, 4.69) is 25.6 Å². The van der Waals surface area contributed by atoms with Crippen molar-refractivity contribution in [2.24, 2.45) is 11.5 Å². The van der Waals surface area contributed by atoms with Crippen LogP contribution in [0.3, 0.4) is 0 Å². The minimum atomic E-state index is -0.670. The average molecular weight is 357 g/mol. The van der Waals surface area contributed by atoms with Gasteiger partial charge in [-0.15, -0.1) is 11.3 Å². The van der Waals surface area contributed by atoms with E-state index in [1.165, 1.54) is 17.5 Å². The zero-order chi connectivity index (χ0) is 18.0. The quantitative estimate of drug-likeness (QED) is 0.518. The maximum atomic E-state index is 11.6. The lowest BCUT2D eigenvalue weighted by Crippen LogP contribution is -2.33. The van der Waals surface area contributed by atoms with Gasteiger partial charge < -0.3 is 22.1 Å². The topological polar surface area (TPSA) is 149 Å². The van der Waals surface area contributed by atoms with Gasteiger partial charge in [-0.05, 0) is 25.1 Å². The molecule has 0 aliphatic heterocycles. The van der Waals surface area contributed by atoms with Crippen LogP contribution in [0.25, 0.3) is 10.2 Å². The number of fused-ring (bicyclic) bond motifs is 1. The van der Waals surface area contributed by atoms with Crippen molar-refractivity contribution in [1.29, 1.82) is 0 Å².